The molecule has 0 fully saturated rings. The molecule has 0 saturated carbocycles. The van der Waals surface area contributed by atoms with Crippen LogP contribution in [0.2, 0.25) is 0 Å². The van der Waals surface area contributed by atoms with Gasteiger partial charge in [0, 0.05) is 17.5 Å². The van der Waals surface area contributed by atoms with Gasteiger partial charge in [-0.15, -0.1) is 0 Å². The van der Waals surface area contributed by atoms with Crippen molar-refractivity contribution in [1.29, 1.82) is 0 Å². The first kappa shape index (κ1) is 21.8. The first-order chi connectivity index (χ1) is 16.0. The highest BCUT2D eigenvalue weighted by molar-refractivity contribution is 6.02. The van der Waals surface area contributed by atoms with E-state index in [0.29, 0.717) is 29.6 Å². The van der Waals surface area contributed by atoms with Crippen molar-refractivity contribution in [3.05, 3.63) is 94.5 Å². The number of hydrogen-bond acceptors (Lipinski definition) is 5. The molecule has 4 aromatic rings. The van der Waals surface area contributed by atoms with Gasteiger partial charge in [0.05, 0.1) is 11.7 Å². The van der Waals surface area contributed by atoms with E-state index in [9.17, 15) is 19.5 Å². The molecule has 3 N–H and O–H groups in total. The Balaban J connectivity index is 1.86. The number of aryl methyl sites for hydroxylation is 2. The predicted molar refractivity (Wildman–Crippen MR) is 123 cm³/mol. The fourth-order valence-electron chi connectivity index (χ4n) is 3.66. The number of nitrogens with zero attached hydrogens (tertiary/aromatic N) is 2. The second-order valence-corrected chi connectivity index (χ2v) is 7.45. The Hall–Kier alpha value is -4.46. The zero-order chi connectivity index (χ0) is 23.4. The molecule has 0 aliphatic heterocycles. The molecule has 33 heavy (non-hydrogen) atoms. The van der Waals surface area contributed by atoms with Crippen LogP contribution in [0.4, 0.5) is 0 Å². The van der Waals surface area contributed by atoms with Crippen LogP contribution in [0.3, 0.4) is 0 Å². The van der Waals surface area contributed by atoms with E-state index in [1.54, 1.807) is 12.1 Å². The predicted octanol–water partition coefficient (Wildman–Crippen LogP) is 2.83. The molecule has 8 nitrogen and oxygen atoms in total. The Bertz CT molecular complexity index is 1380. The summed E-state index contributed by atoms with van der Waals surface area (Å²) in [5, 5.41) is 22.1. The van der Waals surface area contributed by atoms with Crippen LogP contribution in [-0.4, -0.2) is 38.2 Å². The lowest BCUT2D eigenvalue weighted by molar-refractivity contribution is -0.135. The van der Waals surface area contributed by atoms with E-state index >= 15 is 0 Å². The number of aliphatic carboxylic acids is 1. The number of rotatable bonds is 7. The summed E-state index contributed by atoms with van der Waals surface area (Å²) in [6.07, 6.45) is 1.93. The van der Waals surface area contributed by atoms with Crippen LogP contribution in [0.5, 0.6) is 5.75 Å². The number of nitrogens with one attached hydrogen (secondary N) is 1. The Labute approximate surface area is 188 Å². The van der Waals surface area contributed by atoms with Gasteiger partial charge in [0.25, 0.3) is 11.5 Å². The molecule has 0 radical (unpaired) electrons. The highest BCUT2D eigenvalue weighted by atomic mass is 16.4. The molecule has 2 aromatic carbocycles. The molecule has 0 aliphatic carbocycles. The highest BCUT2D eigenvalue weighted by Crippen LogP contribution is 2.29. The minimum atomic E-state index is -1.22. The van der Waals surface area contributed by atoms with Crippen LogP contribution in [-0.2, 0) is 17.8 Å². The topological polar surface area (TPSA) is 122 Å². The average Bonchev–Trinajstić information content (AvgIpc) is 2.83. The molecule has 2 aromatic heterocycles. The van der Waals surface area contributed by atoms with Crippen molar-refractivity contribution in [2.75, 3.05) is 6.54 Å². The highest BCUT2D eigenvalue weighted by Gasteiger charge is 2.20. The number of aromatic hydroxyl groups is 1. The van der Waals surface area contributed by atoms with E-state index in [1.807, 2.05) is 48.5 Å². The van der Waals surface area contributed by atoms with Gasteiger partial charge >= 0.3 is 5.97 Å². The SMILES string of the molecule is O=C(O)CNC(=O)c1ncc2c(cc(-c3ccccc3)c(=O)n2CCc2ccccc2)c1O. The summed E-state index contributed by atoms with van der Waals surface area (Å²) in [5.74, 6) is -2.45. The third kappa shape index (κ3) is 4.59. The molecule has 8 heteroatoms. The maximum atomic E-state index is 13.4. The molecular weight excluding hydrogens is 422 g/mol. The van der Waals surface area contributed by atoms with Crippen molar-refractivity contribution in [1.82, 2.24) is 14.9 Å². The lowest BCUT2D eigenvalue weighted by atomic mass is 10.0. The number of carbonyl (C=O) groups is 2. The normalized spacial score (nSPS) is 10.8. The van der Waals surface area contributed by atoms with Gasteiger partial charge in [0.15, 0.2) is 11.4 Å². The van der Waals surface area contributed by atoms with E-state index in [2.05, 4.69) is 10.3 Å². The number of aromatic nitrogens is 2. The van der Waals surface area contributed by atoms with Crippen LogP contribution >= 0.6 is 0 Å². The molecule has 0 unspecified atom stereocenters. The Morgan fingerprint density at radius 3 is 2.33 bits per heavy atom. The Morgan fingerprint density at radius 1 is 1.00 bits per heavy atom. The first-order valence-corrected chi connectivity index (χ1v) is 10.3. The van der Waals surface area contributed by atoms with Gasteiger partial charge < -0.3 is 20.1 Å². The van der Waals surface area contributed by atoms with E-state index in [1.165, 1.54) is 16.8 Å². The first-order valence-electron chi connectivity index (χ1n) is 10.3. The standard InChI is InChI=1S/C25H21N3O5/c29-21(30)15-27-24(32)22-23(31)19-13-18(17-9-5-2-6-10-17)25(33)28(20(19)14-26-22)12-11-16-7-3-1-4-8-16/h1-10,13-14,31H,11-12,15H2,(H,27,32)(H,29,30). The summed E-state index contributed by atoms with van der Waals surface area (Å²) in [7, 11) is 0. The van der Waals surface area contributed by atoms with Crippen molar-refractivity contribution >= 4 is 22.8 Å². The molecular formula is C25H21N3O5. The molecule has 4 rings (SSSR count). The number of hydrogen-bond donors (Lipinski definition) is 3. The number of carboxylic acids is 1. The molecule has 0 aliphatic rings. The third-order valence-corrected chi connectivity index (χ3v) is 5.29. The lowest BCUT2D eigenvalue weighted by Gasteiger charge is -2.15. The fraction of sp³-hybridized carbons (Fsp3) is 0.120. The molecule has 0 atom stereocenters. The van der Waals surface area contributed by atoms with Crippen molar-refractivity contribution < 1.29 is 19.8 Å². The summed E-state index contributed by atoms with van der Waals surface area (Å²) < 4.78 is 1.54. The van der Waals surface area contributed by atoms with Crippen LogP contribution in [0.1, 0.15) is 16.1 Å². The quantitative estimate of drug-likeness (QED) is 0.404. The molecule has 0 saturated heterocycles. The zero-order valence-electron chi connectivity index (χ0n) is 17.6. The minimum Gasteiger partial charge on any atom is -0.505 e. The largest absolute Gasteiger partial charge is 0.505 e. The van der Waals surface area contributed by atoms with Gasteiger partial charge in [0.1, 0.15) is 6.54 Å². The van der Waals surface area contributed by atoms with Crippen molar-refractivity contribution in [3.63, 3.8) is 0 Å². The molecule has 166 valence electrons. The fourth-order valence-corrected chi connectivity index (χ4v) is 3.66. The van der Waals surface area contributed by atoms with Crippen molar-refractivity contribution in [2.45, 2.75) is 13.0 Å². The lowest BCUT2D eigenvalue weighted by Crippen LogP contribution is -2.30. The summed E-state index contributed by atoms with van der Waals surface area (Å²) in [4.78, 5) is 40.6. The van der Waals surface area contributed by atoms with Gasteiger partial charge in [-0.25, -0.2) is 4.98 Å². The van der Waals surface area contributed by atoms with Crippen LogP contribution in [0, 0.1) is 0 Å². The summed E-state index contributed by atoms with van der Waals surface area (Å²) >= 11 is 0. The molecule has 2 heterocycles. The summed E-state index contributed by atoms with van der Waals surface area (Å²) in [5.41, 5.74) is 1.91. The van der Waals surface area contributed by atoms with Crippen molar-refractivity contribution in [3.8, 4) is 16.9 Å². The zero-order valence-corrected chi connectivity index (χ0v) is 17.6. The van der Waals surface area contributed by atoms with Gasteiger partial charge in [-0.2, -0.15) is 0 Å². The monoisotopic (exact) mass is 443 g/mol. The third-order valence-electron chi connectivity index (χ3n) is 5.29. The number of carboxylic acid groups (broad SMARTS) is 1. The smallest absolute Gasteiger partial charge is 0.322 e. The second-order valence-electron chi connectivity index (χ2n) is 7.45. The van der Waals surface area contributed by atoms with E-state index < -0.39 is 24.2 Å². The maximum Gasteiger partial charge on any atom is 0.322 e. The Kier molecular flexibility index (Phi) is 6.17. The van der Waals surface area contributed by atoms with Crippen LogP contribution in [0.15, 0.2) is 77.7 Å². The Morgan fingerprint density at radius 2 is 1.67 bits per heavy atom. The van der Waals surface area contributed by atoms with Crippen LogP contribution < -0.4 is 10.9 Å². The van der Waals surface area contributed by atoms with Crippen molar-refractivity contribution in [2.24, 2.45) is 0 Å². The van der Waals surface area contributed by atoms with E-state index in [-0.39, 0.29) is 16.6 Å². The van der Waals surface area contributed by atoms with Gasteiger partial charge in [-0.3, -0.25) is 14.4 Å². The molecule has 0 spiro atoms. The van der Waals surface area contributed by atoms with E-state index in [0.717, 1.165) is 5.56 Å². The average molecular weight is 443 g/mol. The minimum absolute atomic E-state index is 0.242. The second kappa shape index (κ2) is 9.35. The van der Waals surface area contributed by atoms with Crippen LogP contribution in [0.25, 0.3) is 22.0 Å². The maximum absolute atomic E-state index is 13.4. The number of benzene rings is 2. The molecule has 0 bridgehead atoms. The number of fused-ring (bicyclic) bond motifs is 1. The summed E-state index contributed by atoms with van der Waals surface area (Å²) in [6.45, 7) is -0.268. The number of pyridine rings is 2. The van der Waals surface area contributed by atoms with Gasteiger partial charge in [-0.1, -0.05) is 60.7 Å². The van der Waals surface area contributed by atoms with E-state index in [4.69, 9.17) is 5.11 Å². The summed E-state index contributed by atoms with van der Waals surface area (Å²) in [6, 6.07) is 20.3. The van der Waals surface area contributed by atoms with Gasteiger partial charge in [0.2, 0.25) is 0 Å². The molecule has 1 amide bonds. The number of amides is 1. The van der Waals surface area contributed by atoms with Gasteiger partial charge in [-0.05, 0) is 23.6 Å². The number of carbonyl (C=O) groups excluding carboxylic acids is 1.